The van der Waals surface area contributed by atoms with E-state index in [-0.39, 0.29) is 29.1 Å². The summed E-state index contributed by atoms with van der Waals surface area (Å²) >= 11 is 0. The van der Waals surface area contributed by atoms with Gasteiger partial charge in [0.05, 0.1) is 18.2 Å². The average Bonchev–Trinajstić information content (AvgIpc) is 2.92. The molecule has 4 heteroatoms. The Balaban J connectivity index is 1.74. The van der Waals surface area contributed by atoms with Crippen molar-refractivity contribution in [1.29, 1.82) is 5.26 Å². The molecule has 20 heavy (non-hydrogen) atoms. The zero-order valence-corrected chi connectivity index (χ0v) is 13.0. The van der Waals surface area contributed by atoms with Crippen molar-refractivity contribution in [2.24, 2.45) is 22.7 Å². The number of hydrogen-bond acceptors (Lipinski definition) is 4. The standard InChI is InChI=1S/C16H24N2O2/c1-14(2)9-6-7-16(14,5)12-11(9)18-13(19-12)10(8-17)15(3,4)20-18/h9-13H,6-7H2,1-5H3/t9-,10-,11?,12?,13+,16+/m0/s1. The van der Waals surface area contributed by atoms with Gasteiger partial charge < -0.3 is 4.74 Å². The van der Waals surface area contributed by atoms with E-state index in [2.05, 4.69) is 31.9 Å². The topological polar surface area (TPSA) is 45.5 Å². The zero-order valence-electron chi connectivity index (χ0n) is 13.0. The Kier molecular flexibility index (Phi) is 2.22. The molecule has 2 saturated carbocycles. The normalized spacial score (nSPS) is 54.7. The van der Waals surface area contributed by atoms with E-state index in [0.29, 0.717) is 12.0 Å². The highest BCUT2D eigenvalue weighted by Crippen LogP contribution is 2.70. The number of nitriles is 1. The maximum Gasteiger partial charge on any atom is 0.152 e. The second-order valence-corrected chi connectivity index (χ2v) is 8.38. The molecule has 2 aliphatic carbocycles. The first-order valence-corrected chi connectivity index (χ1v) is 7.76. The van der Waals surface area contributed by atoms with E-state index in [1.54, 1.807) is 0 Å². The molecule has 2 unspecified atom stereocenters. The molecule has 2 saturated heterocycles. The van der Waals surface area contributed by atoms with Gasteiger partial charge in [0.15, 0.2) is 6.23 Å². The van der Waals surface area contributed by atoms with E-state index in [0.717, 1.165) is 0 Å². The molecule has 2 heterocycles. The van der Waals surface area contributed by atoms with Crippen molar-refractivity contribution in [3.05, 3.63) is 0 Å². The van der Waals surface area contributed by atoms with E-state index in [9.17, 15) is 5.26 Å². The van der Waals surface area contributed by atoms with Gasteiger partial charge in [0, 0.05) is 5.41 Å². The summed E-state index contributed by atoms with van der Waals surface area (Å²) in [4.78, 5) is 6.17. The Morgan fingerprint density at radius 2 is 1.90 bits per heavy atom. The Bertz CT molecular complexity index is 509. The first kappa shape index (κ1) is 13.1. The summed E-state index contributed by atoms with van der Waals surface area (Å²) in [5.74, 6) is 0.398. The van der Waals surface area contributed by atoms with E-state index >= 15 is 0 Å². The second-order valence-electron chi connectivity index (χ2n) is 8.38. The molecule has 0 aromatic heterocycles. The van der Waals surface area contributed by atoms with Gasteiger partial charge in [0.1, 0.15) is 11.5 Å². The third-order valence-electron chi connectivity index (χ3n) is 7.07. The lowest BCUT2D eigenvalue weighted by molar-refractivity contribution is -0.220. The van der Waals surface area contributed by atoms with Gasteiger partial charge in [0.25, 0.3) is 0 Å². The molecule has 4 nitrogen and oxygen atoms in total. The molecular formula is C16H24N2O2. The Morgan fingerprint density at radius 1 is 1.20 bits per heavy atom. The van der Waals surface area contributed by atoms with Gasteiger partial charge in [-0.25, -0.2) is 0 Å². The van der Waals surface area contributed by atoms with Crippen LogP contribution in [0.5, 0.6) is 0 Å². The van der Waals surface area contributed by atoms with Crippen molar-refractivity contribution < 1.29 is 9.57 Å². The fraction of sp³-hybridized carbons (Fsp3) is 0.938. The van der Waals surface area contributed by atoms with Crippen LogP contribution in [-0.4, -0.2) is 29.0 Å². The third-order valence-corrected chi connectivity index (χ3v) is 7.07. The Hall–Kier alpha value is -0.630. The lowest BCUT2D eigenvalue weighted by atomic mass is 9.70. The summed E-state index contributed by atoms with van der Waals surface area (Å²) in [5, 5.41) is 11.5. The van der Waals surface area contributed by atoms with Crippen LogP contribution < -0.4 is 0 Å². The summed E-state index contributed by atoms with van der Waals surface area (Å²) in [6.07, 6.45) is 2.51. The highest BCUT2D eigenvalue weighted by atomic mass is 16.8. The molecule has 2 bridgehead atoms. The lowest BCUT2D eigenvalue weighted by Crippen LogP contribution is -2.43. The number of hydroxylamine groups is 2. The predicted octanol–water partition coefficient (Wildman–Crippen LogP) is 2.70. The van der Waals surface area contributed by atoms with Crippen LogP contribution in [0, 0.1) is 34.0 Å². The molecule has 4 rings (SSSR count). The van der Waals surface area contributed by atoms with Crippen LogP contribution in [0.2, 0.25) is 0 Å². The molecule has 110 valence electrons. The van der Waals surface area contributed by atoms with Crippen LogP contribution in [0.1, 0.15) is 47.5 Å². The molecule has 0 amide bonds. The number of fused-ring (bicyclic) bond motifs is 7. The van der Waals surface area contributed by atoms with Gasteiger partial charge >= 0.3 is 0 Å². The fourth-order valence-electron chi connectivity index (χ4n) is 5.41. The largest absolute Gasteiger partial charge is 0.354 e. The average molecular weight is 276 g/mol. The molecule has 0 N–H and O–H groups in total. The van der Waals surface area contributed by atoms with Gasteiger partial charge in [-0.15, -0.1) is 0 Å². The minimum absolute atomic E-state index is 0.180. The monoisotopic (exact) mass is 276 g/mol. The fourth-order valence-corrected chi connectivity index (χ4v) is 5.41. The molecule has 6 atom stereocenters. The summed E-state index contributed by atoms with van der Waals surface area (Å²) in [5.41, 5.74) is 0.0446. The first-order valence-electron chi connectivity index (χ1n) is 7.76. The van der Waals surface area contributed by atoms with Crippen molar-refractivity contribution in [1.82, 2.24) is 5.06 Å². The number of ether oxygens (including phenoxy) is 1. The molecule has 0 radical (unpaired) electrons. The van der Waals surface area contributed by atoms with Gasteiger partial charge in [-0.3, -0.25) is 4.84 Å². The highest BCUT2D eigenvalue weighted by Gasteiger charge is 2.74. The van der Waals surface area contributed by atoms with E-state index in [4.69, 9.17) is 9.57 Å². The Morgan fingerprint density at radius 3 is 2.55 bits per heavy atom. The smallest absolute Gasteiger partial charge is 0.152 e. The number of nitrogens with zero attached hydrogens (tertiary/aromatic N) is 2. The minimum atomic E-state index is -0.447. The molecule has 2 aliphatic heterocycles. The minimum Gasteiger partial charge on any atom is -0.354 e. The van der Waals surface area contributed by atoms with Crippen molar-refractivity contribution in [3.8, 4) is 6.07 Å². The molecule has 0 spiro atoms. The van der Waals surface area contributed by atoms with Crippen molar-refractivity contribution >= 4 is 0 Å². The van der Waals surface area contributed by atoms with Crippen molar-refractivity contribution in [2.75, 3.05) is 0 Å². The van der Waals surface area contributed by atoms with Crippen LogP contribution in [-0.2, 0) is 9.57 Å². The molecule has 4 fully saturated rings. The molecule has 4 aliphatic rings. The van der Waals surface area contributed by atoms with Crippen LogP contribution in [0.25, 0.3) is 0 Å². The van der Waals surface area contributed by atoms with Crippen LogP contribution in [0.15, 0.2) is 0 Å². The molecular weight excluding hydrogens is 252 g/mol. The number of hydrogen-bond donors (Lipinski definition) is 0. The molecule has 0 aromatic carbocycles. The maximum absolute atomic E-state index is 9.49. The van der Waals surface area contributed by atoms with E-state index in [1.807, 2.05) is 13.8 Å². The second kappa shape index (κ2) is 3.40. The van der Waals surface area contributed by atoms with Gasteiger partial charge in [0.2, 0.25) is 0 Å². The van der Waals surface area contributed by atoms with Crippen LogP contribution in [0.4, 0.5) is 0 Å². The summed E-state index contributed by atoms with van der Waals surface area (Å²) < 4.78 is 6.40. The van der Waals surface area contributed by atoms with Crippen LogP contribution in [0.3, 0.4) is 0 Å². The van der Waals surface area contributed by atoms with Gasteiger partial charge in [-0.05, 0) is 38.0 Å². The summed E-state index contributed by atoms with van der Waals surface area (Å²) in [6.45, 7) is 11.1. The summed E-state index contributed by atoms with van der Waals surface area (Å²) in [7, 11) is 0. The Labute approximate surface area is 121 Å². The lowest BCUT2D eigenvalue weighted by Gasteiger charge is -2.38. The van der Waals surface area contributed by atoms with Gasteiger partial charge in [-0.2, -0.15) is 10.3 Å². The zero-order chi connectivity index (χ0) is 14.5. The highest BCUT2D eigenvalue weighted by molar-refractivity contribution is 5.21. The third kappa shape index (κ3) is 1.16. The number of rotatable bonds is 0. The van der Waals surface area contributed by atoms with E-state index < -0.39 is 5.60 Å². The van der Waals surface area contributed by atoms with Gasteiger partial charge in [-0.1, -0.05) is 20.8 Å². The summed E-state index contributed by atoms with van der Waals surface area (Å²) in [6, 6.07) is 2.73. The predicted molar refractivity (Wildman–Crippen MR) is 73.2 cm³/mol. The quantitative estimate of drug-likeness (QED) is 0.682. The maximum atomic E-state index is 9.49. The first-order chi connectivity index (χ1) is 9.24. The van der Waals surface area contributed by atoms with Crippen LogP contribution >= 0.6 is 0 Å². The van der Waals surface area contributed by atoms with Crippen molar-refractivity contribution in [2.45, 2.75) is 71.4 Å². The molecule has 0 aromatic rings. The van der Waals surface area contributed by atoms with E-state index in [1.165, 1.54) is 12.8 Å². The van der Waals surface area contributed by atoms with Crippen molar-refractivity contribution in [3.63, 3.8) is 0 Å². The SMILES string of the molecule is CC1(C)ON2C3C(O[C@@H]2[C@@H]1C#N)[C@@]1(C)CC[C@@H]3C1(C)C.